The van der Waals surface area contributed by atoms with Crippen molar-refractivity contribution < 1.29 is 14.3 Å². The standard InChI is InChI=1S/C14H11BrFNO2/c1-8-2-5-13(18)10(6-8)14(19)17-12-4-3-9(16)7-11(12)15/h2-7,18H,1H3,(H,17,19). The largest absolute Gasteiger partial charge is 0.507 e. The second-order valence-corrected chi connectivity index (χ2v) is 4.95. The summed E-state index contributed by atoms with van der Waals surface area (Å²) in [4.78, 5) is 12.0. The Labute approximate surface area is 118 Å². The number of phenols is 1. The van der Waals surface area contributed by atoms with Crippen molar-refractivity contribution in [1.82, 2.24) is 0 Å². The Kier molecular flexibility index (Phi) is 3.85. The zero-order valence-electron chi connectivity index (χ0n) is 10.1. The molecule has 0 aliphatic heterocycles. The van der Waals surface area contributed by atoms with Gasteiger partial charge in [0.25, 0.3) is 5.91 Å². The summed E-state index contributed by atoms with van der Waals surface area (Å²) in [6.07, 6.45) is 0. The molecule has 3 nitrogen and oxygen atoms in total. The molecule has 0 spiro atoms. The zero-order valence-corrected chi connectivity index (χ0v) is 11.7. The van der Waals surface area contributed by atoms with E-state index < -0.39 is 11.7 Å². The molecule has 0 fully saturated rings. The number of amides is 1. The molecule has 0 aliphatic rings. The molecule has 1 amide bonds. The fraction of sp³-hybridized carbons (Fsp3) is 0.0714. The Bertz CT molecular complexity index is 643. The lowest BCUT2D eigenvalue weighted by Crippen LogP contribution is -2.12. The van der Waals surface area contributed by atoms with Gasteiger partial charge in [-0.05, 0) is 53.2 Å². The Morgan fingerprint density at radius 1 is 1.26 bits per heavy atom. The average molecular weight is 324 g/mol. The van der Waals surface area contributed by atoms with Gasteiger partial charge in [-0.2, -0.15) is 0 Å². The number of carbonyl (C=O) groups excluding carboxylic acids is 1. The highest BCUT2D eigenvalue weighted by Crippen LogP contribution is 2.25. The molecule has 98 valence electrons. The number of aryl methyl sites for hydroxylation is 1. The van der Waals surface area contributed by atoms with Crippen LogP contribution in [0, 0.1) is 12.7 Å². The summed E-state index contributed by atoms with van der Waals surface area (Å²) >= 11 is 3.16. The molecule has 0 aromatic heterocycles. The fourth-order valence-electron chi connectivity index (χ4n) is 1.61. The predicted molar refractivity (Wildman–Crippen MR) is 74.9 cm³/mol. The van der Waals surface area contributed by atoms with Crippen molar-refractivity contribution in [3.05, 3.63) is 57.8 Å². The fourth-order valence-corrected chi connectivity index (χ4v) is 2.06. The molecule has 0 radical (unpaired) electrons. The van der Waals surface area contributed by atoms with E-state index in [1.165, 1.54) is 24.3 Å². The molecular weight excluding hydrogens is 313 g/mol. The van der Waals surface area contributed by atoms with E-state index in [0.29, 0.717) is 10.2 Å². The predicted octanol–water partition coefficient (Wildman–Crippen LogP) is 3.85. The second-order valence-electron chi connectivity index (χ2n) is 4.10. The summed E-state index contributed by atoms with van der Waals surface area (Å²) in [6.45, 7) is 1.82. The third kappa shape index (κ3) is 3.12. The van der Waals surface area contributed by atoms with E-state index in [0.717, 1.165) is 5.56 Å². The molecular formula is C14H11BrFNO2. The van der Waals surface area contributed by atoms with Gasteiger partial charge in [-0.1, -0.05) is 11.6 Å². The van der Waals surface area contributed by atoms with Crippen LogP contribution in [0.2, 0.25) is 0 Å². The smallest absolute Gasteiger partial charge is 0.259 e. The first-order chi connectivity index (χ1) is 8.97. The molecule has 0 atom stereocenters. The summed E-state index contributed by atoms with van der Waals surface area (Å²) in [7, 11) is 0. The van der Waals surface area contributed by atoms with Crippen molar-refractivity contribution in [1.29, 1.82) is 0 Å². The number of hydrogen-bond donors (Lipinski definition) is 2. The highest BCUT2D eigenvalue weighted by molar-refractivity contribution is 9.10. The van der Waals surface area contributed by atoms with Crippen molar-refractivity contribution in [3.63, 3.8) is 0 Å². The normalized spacial score (nSPS) is 10.3. The van der Waals surface area contributed by atoms with E-state index in [-0.39, 0.29) is 11.3 Å². The molecule has 0 saturated heterocycles. The number of halogens is 2. The van der Waals surface area contributed by atoms with Gasteiger partial charge in [0.1, 0.15) is 11.6 Å². The van der Waals surface area contributed by atoms with Crippen LogP contribution in [0.3, 0.4) is 0 Å². The number of nitrogens with one attached hydrogen (secondary N) is 1. The van der Waals surface area contributed by atoms with Crippen LogP contribution in [0.1, 0.15) is 15.9 Å². The molecule has 2 rings (SSSR count). The first-order valence-electron chi connectivity index (χ1n) is 5.53. The summed E-state index contributed by atoms with van der Waals surface area (Å²) in [5.74, 6) is -0.946. The zero-order chi connectivity index (χ0) is 14.0. The second kappa shape index (κ2) is 5.40. The number of aromatic hydroxyl groups is 1. The number of benzene rings is 2. The van der Waals surface area contributed by atoms with Crippen LogP contribution in [-0.4, -0.2) is 11.0 Å². The minimum absolute atomic E-state index is 0.0960. The summed E-state index contributed by atoms with van der Waals surface area (Å²) < 4.78 is 13.4. The summed E-state index contributed by atoms with van der Waals surface area (Å²) in [5.41, 5.74) is 1.48. The van der Waals surface area contributed by atoms with E-state index in [1.54, 1.807) is 12.1 Å². The molecule has 2 aromatic rings. The van der Waals surface area contributed by atoms with Crippen molar-refractivity contribution in [2.24, 2.45) is 0 Å². The van der Waals surface area contributed by atoms with E-state index >= 15 is 0 Å². The van der Waals surface area contributed by atoms with Gasteiger partial charge in [0.2, 0.25) is 0 Å². The topological polar surface area (TPSA) is 49.3 Å². The lowest BCUT2D eigenvalue weighted by Gasteiger charge is -2.09. The first-order valence-corrected chi connectivity index (χ1v) is 6.32. The molecule has 0 aliphatic carbocycles. The monoisotopic (exact) mass is 323 g/mol. The maximum absolute atomic E-state index is 12.9. The quantitative estimate of drug-likeness (QED) is 0.881. The van der Waals surface area contributed by atoms with Crippen LogP contribution < -0.4 is 5.32 Å². The van der Waals surface area contributed by atoms with Crippen LogP contribution in [0.25, 0.3) is 0 Å². The molecule has 2 N–H and O–H groups in total. The van der Waals surface area contributed by atoms with Crippen LogP contribution in [0.4, 0.5) is 10.1 Å². The molecule has 2 aromatic carbocycles. The van der Waals surface area contributed by atoms with Gasteiger partial charge in [0.05, 0.1) is 11.3 Å². The third-order valence-corrected chi connectivity index (χ3v) is 3.23. The number of hydrogen-bond acceptors (Lipinski definition) is 2. The van der Waals surface area contributed by atoms with Crippen LogP contribution in [-0.2, 0) is 0 Å². The lowest BCUT2D eigenvalue weighted by molar-refractivity contribution is 0.102. The Morgan fingerprint density at radius 3 is 2.68 bits per heavy atom. The van der Waals surface area contributed by atoms with Crippen molar-refractivity contribution in [3.8, 4) is 5.75 Å². The van der Waals surface area contributed by atoms with Crippen LogP contribution >= 0.6 is 15.9 Å². The molecule has 0 saturated carbocycles. The number of anilines is 1. The molecule has 5 heteroatoms. The SMILES string of the molecule is Cc1ccc(O)c(C(=O)Nc2ccc(F)cc2Br)c1. The van der Waals surface area contributed by atoms with Crippen LogP contribution in [0.5, 0.6) is 5.75 Å². The minimum Gasteiger partial charge on any atom is -0.507 e. The van der Waals surface area contributed by atoms with E-state index in [2.05, 4.69) is 21.2 Å². The van der Waals surface area contributed by atoms with Gasteiger partial charge in [0, 0.05) is 4.47 Å². The number of rotatable bonds is 2. The van der Waals surface area contributed by atoms with Gasteiger partial charge >= 0.3 is 0 Å². The first kappa shape index (κ1) is 13.5. The van der Waals surface area contributed by atoms with Crippen molar-refractivity contribution >= 4 is 27.5 Å². The highest BCUT2D eigenvalue weighted by atomic mass is 79.9. The Hall–Kier alpha value is -1.88. The van der Waals surface area contributed by atoms with Gasteiger partial charge < -0.3 is 10.4 Å². The van der Waals surface area contributed by atoms with E-state index in [1.807, 2.05) is 6.92 Å². The maximum atomic E-state index is 12.9. The van der Waals surface area contributed by atoms with Gasteiger partial charge in [-0.3, -0.25) is 4.79 Å². The highest BCUT2D eigenvalue weighted by Gasteiger charge is 2.13. The maximum Gasteiger partial charge on any atom is 0.259 e. The lowest BCUT2D eigenvalue weighted by atomic mass is 10.1. The molecule has 19 heavy (non-hydrogen) atoms. The average Bonchev–Trinajstić information content (AvgIpc) is 2.35. The van der Waals surface area contributed by atoms with Gasteiger partial charge in [-0.15, -0.1) is 0 Å². The summed E-state index contributed by atoms with van der Waals surface area (Å²) in [6, 6.07) is 8.71. The molecule has 0 unspecified atom stereocenters. The molecule has 0 heterocycles. The van der Waals surface area contributed by atoms with Crippen molar-refractivity contribution in [2.75, 3.05) is 5.32 Å². The molecule has 0 bridgehead atoms. The third-order valence-electron chi connectivity index (χ3n) is 2.58. The summed E-state index contributed by atoms with van der Waals surface area (Å²) in [5, 5.41) is 12.3. The minimum atomic E-state index is -0.450. The van der Waals surface area contributed by atoms with E-state index in [9.17, 15) is 14.3 Å². The van der Waals surface area contributed by atoms with Crippen LogP contribution in [0.15, 0.2) is 40.9 Å². The van der Waals surface area contributed by atoms with Gasteiger partial charge in [0.15, 0.2) is 0 Å². The van der Waals surface area contributed by atoms with Gasteiger partial charge in [-0.25, -0.2) is 4.39 Å². The van der Waals surface area contributed by atoms with Crippen molar-refractivity contribution in [2.45, 2.75) is 6.92 Å². The van der Waals surface area contributed by atoms with E-state index in [4.69, 9.17) is 0 Å². The number of phenolic OH excluding ortho intramolecular Hbond substituents is 1. The Morgan fingerprint density at radius 2 is 2.00 bits per heavy atom. The Balaban J connectivity index is 2.28. The number of carbonyl (C=O) groups is 1.